The molecule has 0 fully saturated rings. The standard InChI is InChI=1S/C10H13NO2/c1-8-2-3-9(10(13)6-8)7-11-4-5-12/h2-3,6-7,12-13H,4-5H2,1H3. The number of aryl methyl sites for hydroxylation is 1. The van der Waals surface area contributed by atoms with Crippen LogP contribution in [0.15, 0.2) is 23.2 Å². The van der Waals surface area contributed by atoms with Crippen LogP contribution < -0.4 is 0 Å². The molecule has 0 bridgehead atoms. The minimum Gasteiger partial charge on any atom is -0.507 e. The van der Waals surface area contributed by atoms with Crippen LogP contribution in [-0.4, -0.2) is 29.6 Å². The average molecular weight is 179 g/mol. The van der Waals surface area contributed by atoms with E-state index in [0.717, 1.165) is 5.56 Å². The van der Waals surface area contributed by atoms with Gasteiger partial charge in [0.2, 0.25) is 0 Å². The molecule has 3 nitrogen and oxygen atoms in total. The van der Waals surface area contributed by atoms with Gasteiger partial charge in [-0.25, -0.2) is 0 Å². The second kappa shape index (κ2) is 4.62. The number of aliphatic hydroxyl groups is 1. The topological polar surface area (TPSA) is 52.8 Å². The highest BCUT2D eigenvalue weighted by molar-refractivity contribution is 5.83. The van der Waals surface area contributed by atoms with E-state index in [-0.39, 0.29) is 12.4 Å². The summed E-state index contributed by atoms with van der Waals surface area (Å²) < 4.78 is 0. The third kappa shape index (κ3) is 2.87. The molecule has 3 heteroatoms. The van der Waals surface area contributed by atoms with Crippen LogP contribution in [0.4, 0.5) is 0 Å². The number of hydrogen-bond donors (Lipinski definition) is 2. The lowest BCUT2D eigenvalue weighted by Crippen LogP contribution is -1.89. The van der Waals surface area contributed by atoms with Crippen LogP contribution in [0.5, 0.6) is 5.75 Å². The Morgan fingerprint density at radius 3 is 2.85 bits per heavy atom. The highest BCUT2D eigenvalue weighted by Gasteiger charge is 1.96. The smallest absolute Gasteiger partial charge is 0.124 e. The summed E-state index contributed by atoms with van der Waals surface area (Å²) >= 11 is 0. The lowest BCUT2D eigenvalue weighted by Gasteiger charge is -1.99. The maximum Gasteiger partial charge on any atom is 0.124 e. The zero-order valence-corrected chi connectivity index (χ0v) is 7.57. The second-order valence-corrected chi connectivity index (χ2v) is 2.82. The predicted octanol–water partition coefficient (Wildman–Crippen LogP) is 1.11. The van der Waals surface area contributed by atoms with Crippen molar-refractivity contribution < 1.29 is 10.2 Å². The summed E-state index contributed by atoms with van der Waals surface area (Å²) in [5.41, 5.74) is 1.69. The molecule has 0 atom stereocenters. The molecular formula is C10H13NO2. The van der Waals surface area contributed by atoms with Gasteiger partial charge in [0, 0.05) is 11.8 Å². The number of rotatable bonds is 3. The van der Waals surface area contributed by atoms with Gasteiger partial charge in [0.1, 0.15) is 5.75 Å². The Morgan fingerprint density at radius 1 is 1.46 bits per heavy atom. The molecular weight excluding hydrogens is 166 g/mol. The summed E-state index contributed by atoms with van der Waals surface area (Å²) in [6, 6.07) is 5.38. The first-order valence-electron chi connectivity index (χ1n) is 4.14. The SMILES string of the molecule is Cc1ccc(C=NCCO)c(O)c1. The van der Waals surface area contributed by atoms with Crippen molar-refractivity contribution in [1.29, 1.82) is 0 Å². The van der Waals surface area contributed by atoms with E-state index in [1.807, 2.05) is 13.0 Å². The molecule has 0 radical (unpaired) electrons. The molecule has 0 spiro atoms. The molecule has 70 valence electrons. The van der Waals surface area contributed by atoms with Gasteiger partial charge in [-0.1, -0.05) is 6.07 Å². The maximum absolute atomic E-state index is 9.44. The number of aromatic hydroxyl groups is 1. The van der Waals surface area contributed by atoms with Crippen molar-refractivity contribution in [3.8, 4) is 5.75 Å². The maximum atomic E-state index is 9.44. The Kier molecular flexibility index (Phi) is 3.46. The first-order chi connectivity index (χ1) is 6.24. The number of aliphatic imine (C=N–C) groups is 1. The number of aliphatic hydroxyl groups excluding tert-OH is 1. The first-order valence-corrected chi connectivity index (χ1v) is 4.14. The van der Waals surface area contributed by atoms with Gasteiger partial charge in [-0.2, -0.15) is 0 Å². The molecule has 0 aliphatic heterocycles. The number of nitrogens with zero attached hydrogens (tertiary/aromatic N) is 1. The van der Waals surface area contributed by atoms with Gasteiger partial charge in [0.05, 0.1) is 13.2 Å². The summed E-state index contributed by atoms with van der Waals surface area (Å²) in [4.78, 5) is 3.92. The third-order valence-electron chi connectivity index (χ3n) is 1.65. The third-order valence-corrected chi connectivity index (χ3v) is 1.65. The van der Waals surface area contributed by atoms with Gasteiger partial charge in [-0.05, 0) is 24.6 Å². The van der Waals surface area contributed by atoms with Crippen molar-refractivity contribution in [2.45, 2.75) is 6.92 Å². The summed E-state index contributed by atoms with van der Waals surface area (Å²) in [7, 11) is 0. The molecule has 0 aliphatic rings. The monoisotopic (exact) mass is 179 g/mol. The van der Waals surface area contributed by atoms with Crippen LogP contribution in [0.3, 0.4) is 0 Å². The van der Waals surface area contributed by atoms with Crippen LogP contribution in [0.2, 0.25) is 0 Å². The summed E-state index contributed by atoms with van der Waals surface area (Å²) in [6.07, 6.45) is 1.56. The molecule has 0 saturated heterocycles. The van der Waals surface area contributed by atoms with Gasteiger partial charge < -0.3 is 10.2 Å². The van der Waals surface area contributed by atoms with Crippen molar-refractivity contribution in [3.63, 3.8) is 0 Å². The van der Waals surface area contributed by atoms with E-state index in [1.54, 1.807) is 18.3 Å². The highest BCUT2D eigenvalue weighted by Crippen LogP contribution is 2.15. The molecule has 0 aromatic heterocycles. The Bertz CT molecular complexity index is 308. The minimum absolute atomic E-state index is 0.0309. The van der Waals surface area contributed by atoms with Gasteiger partial charge in [0.15, 0.2) is 0 Å². The fourth-order valence-corrected chi connectivity index (χ4v) is 0.984. The van der Waals surface area contributed by atoms with Crippen LogP contribution >= 0.6 is 0 Å². The number of hydrogen-bond acceptors (Lipinski definition) is 3. The van der Waals surface area contributed by atoms with E-state index < -0.39 is 0 Å². The number of phenolic OH excluding ortho intramolecular Hbond substituents is 1. The predicted molar refractivity (Wildman–Crippen MR) is 52.4 cm³/mol. The van der Waals surface area contributed by atoms with Gasteiger partial charge in [-0.3, -0.25) is 4.99 Å². The first kappa shape index (κ1) is 9.74. The van der Waals surface area contributed by atoms with E-state index in [9.17, 15) is 5.11 Å². The average Bonchev–Trinajstić information content (AvgIpc) is 2.09. The van der Waals surface area contributed by atoms with Crippen LogP contribution in [0.1, 0.15) is 11.1 Å². The second-order valence-electron chi connectivity index (χ2n) is 2.82. The Morgan fingerprint density at radius 2 is 2.23 bits per heavy atom. The summed E-state index contributed by atoms with van der Waals surface area (Å²) in [5.74, 6) is 0.224. The molecule has 1 rings (SSSR count). The largest absolute Gasteiger partial charge is 0.507 e. The zero-order chi connectivity index (χ0) is 9.68. The Balaban J connectivity index is 2.77. The minimum atomic E-state index is 0.0309. The molecule has 0 amide bonds. The zero-order valence-electron chi connectivity index (χ0n) is 7.57. The molecule has 0 heterocycles. The van der Waals surface area contributed by atoms with Crippen LogP contribution in [-0.2, 0) is 0 Å². The fraction of sp³-hybridized carbons (Fsp3) is 0.300. The van der Waals surface area contributed by atoms with E-state index in [4.69, 9.17) is 5.11 Å². The lowest BCUT2D eigenvalue weighted by molar-refractivity contribution is 0.307. The van der Waals surface area contributed by atoms with E-state index in [2.05, 4.69) is 4.99 Å². The number of phenols is 1. The van der Waals surface area contributed by atoms with Gasteiger partial charge >= 0.3 is 0 Å². The highest BCUT2D eigenvalue weighted by atomic mass is 16.3. The van der Waals surface area contributed by atoms with Crippen molar-refractivity contribution in [3.05, 3.63) is 29.3 Å². The molecule has 0 unspecified atom stereocenters. The van der Waals surface area contributed by atoms with E-state index in [1.165, 1.54) is 0 Å². The van der Waals surface area contributed by atoms with Crippen LogP contribution in [0.25, 0.3) is 0 Å². The Hall–Kier alpha value is -1.35. The molecule has 0 aliphatic carbocycles. The molecule has 1 aromatic carbocycles. The number of benzene rings is 1. The lowest BCUT2D eigenvalue weighted by atomic mass is 10.1. The van der Waals surface area contributed by atoms with Crippen molar-refractivity contribution in [2.75, 3.05) is 13.2 Å². The van der Waals surface area contributed by atoms with Crippen molar-refractivity contribution in [1.82, 2.24) is 0 Å². The van der Waals surface area contributed by atoms with Gasteiger partial charge in [0.25, 0.3) is 0 Å². The Labute approximate surface area is 77.4 Å². The summed E-state index contributed by atoms with van der Waals surface area (Å²) in [5, 5.41) is 17.9. The van der Waals surface area contributed by atoms with Crippen molar-refractivity contribution in [2.24, 2.45) is 4.99 Å². The molecule has 2 N–H and O–H groups in total. The normalized spacial score (nSPS) is 10.9. The van der Waals surface area contributed by atoms with Gasteiger partial charge in [-0.15, -0.1) is 0 Å². The molecule has 0 saturated carbocycles. The van der Waals surface area contributed by atoms with Crippen molar-refractivity contribution >= 4 is 6.21 Å². The van der Waals surface area contributed by atoms with E-state index >= 15 is 0 Å². The summed E-state index contributed by atoms with van der Waals surface area (Å²) in [6.45, 7) is 2.31. The van der Waals surface area contributed by atoms with Crippen LogP contribution in [0, 0.1) is 6.92 Å². The van der Waals surface area contributed by atoms with E-state index in [0.29, 0.717) is 12.1 Å². The molecule has 1 aromatic rings. The molecule has 13 heavy (non-hydrogen) atoms. The quantitative estimate of drug-likeness (QED) is 0.683. The fourth-order valence-electron chi connectivity index (χ4n) is 0.984.